The van der Waals surface area contributed by atoms with E-state index in [0.29, 0.717) is 24.0 Å². The molecule has 1 aromatic heterocycles. The number of hydrogen-bond donors (Lipinski definition) is 1. The van der Waals surface area contributed by atoms with Gasteiger partial charge in [0.25, 0.3) is 0 Å². The Morgan fingerprint density at radius 3 is 2.50 bits per heavy atom. The molecule has 192 valence electrons. The number of aromatic nitrogens is 2. The van der Waals surface area contributed by atoms with E-state index in [0.717, 1.165) is 59.8 Å². The van der Waals surface area contributed by atoms with Crippen molar-refractivity contribution in [2.24, 2.45) is 11.8 Å². The molecule has 0 radical (unpaired) electrons. The number of aliphatic carboxylic acids is 1. The first-order valence-electron chi connectivity index (χ1n) is 12.4. The van der Waals surface area contributed by atoms with Crippen LogP contribution >= 0.6 is 11.8 Å². The van der Waals surface area contributed by atoms with Crippen molar-refractivity contribution in [2.45, 2.75) is 44.2 Å². The normalized spacial score (nSPS) is 17.8. The summed E-state index contributed by atoms with van der Waals surface area (Å²) < 4.78 is 28.2. The zero-order chi connectivity index (χ0) is 25.5. The molecule has 6 nitrogen and oxygen atoms in total. The van der Waals surface area contributed by atoms with E-state index in [9.17, 15) is 4.79 Å². The van der Waals surface area contributed by atoms with Gasteiger partial charge in [0, 0.05) is 23.2 Å². The van der Waals surface area contributed by atoms with E-state index in [2.05, 4.69) is 11.6 Å². The van der Waals surface area contributed by atoms with Gasteiger partial charge in [0.1, 0.15) is 17.3 Å². The van der Waals surface area contributed by atoms with Gasteiger partial charge in [0.15, 0.2) is 11.6 Å². The Balaban J connectivity index is 1.64. The van der Waals surface area contributed by atoms with Crippen LogP contribution in [0.4, 0.5) is 4.39 Å². The number of carboxylic acids is 1. The molecular formula is C28H33FN2O4S. The Bertz CT molecular complexity index is 1160. The van der Waals surface area contributed by atoms with Gasteiger partial charge in [-0.3, -0.25) is 4.68 Å². The fourth-order valence-electron chi connectivity index (χ4n) is 4.89. The summed E-state index contributed by atoms with van der Waals surface area (Å²) in [5, 5.41) is 14.8. The largest absolute Gasteiger partial charge is 0.494 e. The first kappa shape index (κ1) is 26.2. The van der Waals surface area contributed by atoms with E-state index < -0.39 is 5.97 Å². The number of hydrogen-bond acceptors (Lipinski definition) is 5. The maximum atomic E-state index is 15.5. The van der Waals surface area contributed by atoms with Crippen molar-refractivity contribution in [3.05, 3.63) is 54.3 Å². The molecule has 0 spiro atoms. The van der Waals surface area contributed by atoms with Crippen LogP contribution in [0.25, 0.3) is 22.4 Å². The molecule has 0 saturated heterocycles. The highest BCUT2D eigenvalue weighted by Crippen LogP contribution is 2.43. The van der Waals surface area contributed by atoms with Crippen LogP contribution in [-0.2, 0) is 16.1 Å². The molecule has 1 fully saturated rings. The van der Waals surface area contributed by atoms with Gasteiger partial charge >= 0.3 is 5.97 Å². The van der Waals surface area contributed by atoms with Crippen molar-refractivity contribution in [1.82, 2.24) is 9.78 Å². The quantitative estimate of drug-likeness (QED) is 0.300. The van der Waals surface area contributed by atoms with Crippen molar-refractivity contribution >= 4 is 17.7 Å². The van der Waals surface area contributed by atoms with E-state index in [4.69, 9.17) is 19.7 Å². The first-order valence-corrected chi connectivity index (χ1v) is 13.4. The second-order valence-electron chi connectivity index (χ2n) is 9.13. The predicted molar refractivity (Wildman–Crippen MR) is 140 cm³/mol. The summed E-state index contributed by atoms with van der Waals surface area (Å²) in [5.74, 6) is 0.589. The summed E-state index contributed by atoms with van der Waals surface area (Å²) in [4.78, 5) is 10.7. The fraction of sp³-hybridized carbons (Fsp3) is 0.429. The molecular weight excluding hydrogens is 479 g/mol. The molecule has 1 aliphatic carbocycles. The third kappa shape index (κ3) is 6.10. The van der Waals surface area contributed by atoms with Crippen LogP contribution in [0.3, 0.4) is 0 Å². The van der Waals surface area contributed by atoms with Crippen molar-refractivity contribution in [1.29, 1.82) is 0 Å². The predicted octanol–water partition coefficient (Wildman–Crippen LogP) is 6.38. The molecule has 36 heavy (non-hydrogen) atoms. The lowest BCUT2D eigenvalue weighted by Crippen LogP contribution is -2.23. The number of thioether (sulfide) groups is 1. The molecule has 1 aliphatic rings. The number of methoxy groups -OCH3 is 1. The van der Waals surface area contributed by atoms with E-state index in [1.165, 1.54) is 7.11 Å². The molecule has 0 atom stereocenters. The lowest BCUT2D eigenvalue weighted by molar-refractivity contribution is -0.142. The number of halogens is 1. The zero-order valence-corrected chi connectivity index (χ0v) is 21.6. The molecule has 2 aromatic carbocycles. The van der Waals surface area contributed by atoms with Crippen LogP contribution in [0, 0.1) is 17.7 Å². The third-order valence-electron chi connectivity index (χ3n) is 6.66. The molecule has 1 N–H and O–H groups in total. The number of carboxylic acid groups (broad SMARTS) is 1. The topological polar surface area (TPSA) is 73.6 Å². The van der Waals surface area contributed by atoms with Crippen LogP contribution < -0.4 is 4.74 Å². The smallest absolute Gasteiger partial charge is 0.329 e. The maximum absolute atomic E-state index is 15.5. The van der Waals surface area contributed by atoms with Gasteiger partial charge in [-0.05, 0) is 49.3 Å². The Hall–Kier alpha value is -2.84. The van der Waals surface area contributed by atoms with Crippen molar-refractivity contribution in [2.75, 3.05) is 26.1 Å². The van der Waals surface area contributed by atoms with Gasteiger partial charge in [-0.2, -0.15) is 5.10 Å². The lowest BCUT2D eigenvalue weighted by atomic mass is 9.82. The van der Waals surface area contributed by atoms with Gasteiger partial charge in [0.05, 0.1) is 13.7 Å². The van der Waals surface area contributed by atoms with Crippen LogP contribution in [0.15, 0.2) is 53.6 Å². The lowest BCUT2D eigenvalue weighted by Gasteiger charge is -2.28. The highest BCUT2D eigenvalue weighted by atomic mass is 32.2. The average molecular weight is 513 g/mol. The molecule has 1 saturated carbocycles. The van der Waals surface area contributed by atoms with Crippen LogP contribution in [0.5, 0.6) is 5.75 Å². The van der Waals surface area contributed by atoms with Crippen LogP contribution in [0.1, 0.15) is 32.6 Å². The molecule has 3 aromatic rings. The van der Waals surface area contributed by atoms with Gasteiger partial charge in [-0.25, -0.2) is 9.18 Å². The Morgan fingerprint density at radius 1 is 1.11 bits per heavy atom. The van der Waals surface area contributed by atoms with Crippen molar-refractivity contribution in [3.8, 4) is 28.1 Å². The summed E-state index contributed by atoms with van der Waals surface area (Å²) in [6.07, 6.45) is 4.07. The molecule has 0 aliphatic heterocycles. The Kier molecular flexibility index (Phi) is 9.04. The number of rotatable bonds is 11. The van der Waals surface area contributed by atoms with Crippen molar-refractivity contribution in [3.63, 3.8) is 0 Å². The highest BCUT2D eigenvalue weighted by Gasteiger charge is 2.27. The summed E-state index contributed by atoms with van der Waals surface area (Å²) >= 11 is 1.68. The number of ether oxygens (including phenoxy) is 2. The SMILES string of the molecule is CCSc1c(-c2cccc(OC)c2F)c(-c2ccccc2)nn1C[C@H]1CC[C@H](COCC(=O)O)CC1. The van der Waals surface area contributed by atoms with Gasteiger partial charge in [-0.15, -0.1) is 11.8 Å². The first-order chi connectivity index (χ1) is 17.5. The summed E-state index contributed by atoms with van der Waals surface area (Å²) in [6.45, 7) is 3.11. The minimum Gasteiger partial charge on any atom is -0.494 e. The van der Waals surface area contributed by atoms with Crippen LogP contribution in [-0.4, -0.2) is 46.9 Å². The average Bonchev–Trinajstić information content (AvgIpc) is 3.23. The second-order valence-corrected chi connectivity index (χ2v) is 10.4. The summed E-state index contributed by atoms with van der Waals surface area (Å²) in [6, 6.07) is 15.2. The van der Waals surface area contributed by atoms with E-state index >= 15 is 4.39 Å². The molecule has 1 heterocycles. The number of carbonyl (C=O) groups is 1. The summed E-state index contributed by atoms with van der Waals surface area (Å²) in [5.41, 5.74) is 3.02. The highest BCUT2D eigenvalue weighted by molar-refractivity contribution is 7.99. The minimum atomic E-state index is -0.930. The Labute approximate surface area is 215 Å². The maximum Gasteiger partial charge on any atom is 0.329 e. The molecule has 8 heteroatoms. The van der Waals surface area contributed by atoms with Crippen molar-refractivity contribution < 1.29 is 23.8 Å². The molecule has 0 bridgehead atoms. The number of nitrogens with zero attached hydrogens (tertiary/aromatic N) is 2. The van der Waals surface area contributed by atoms with Gasteiger partial charge in [-0.1, -0.05) is 49.4 Å². The van der Waals surface area contributed by atoms with E-state index in [-0.39, 0.29) is 18.2 Å². The molecule has 4 rings (SSSR count). The molecule has 0 unspecified atom stereocenters. The molecule has 0 amide bonds. The summed E-state index contributed by atoms with van der Waals surface area (Å²) in [7, 11) is 1.48. The standard InChI is InChI=1S/C28H33FN2O4S/c1-3-36-28-25(22-10-7-11-23(34-2)26(22)29)27(21-8-5-4-6-9-21)30-31(28)16-19-12-14-20(15-13-19)17-35-18-24(32)33/h4-11,19-20H,3,12-18H2,1-2H3,(H,32,33)/t19-,20-. The van der Waals surface area contributed by atoms with E-state index in [1.54, 1.807) is 23.9 Å². The Morgan fingerprint density at radius 2 is 1.83 bits per heavy atom. The fourth-order valence-corrected chi connectivity index (χ4v) is 5.78. The second kappa shape index (κ2) is 12.4. The third-order valence-corrected chi connectivity index (χ3v) is 7.64. The van der Waals surface area contributed by atoms with Gasteiger partial charge in [0.2, 0.25) is 0 Å². The number of benzene rings is 2. The van der Waals surface area contributed by atoms with Crippen LogP contribution in [0.2, 0.25) is 0 Å². The monoisotopic (exact) mass is 512 g/mol. The van der Waals surface area contributed by atoms with Gasteiger partial charge < -0.3 is 14.6 Å². The van der Waals surface area contributed by atoms with E-state index in [1.807, 2.05) is 36.4 Å². The minimum absolute atomic E-state index is 0.218. The zero-order valence-electron chi connectivity index (χ0n) is 20.8.